The highest BCUT2D eigenvalue weighted by molar-refractivity contribution is 6.06. The molecule has 1 saturated heterocycles. The Kier molecular flexibility index (Phi) is 4.29. The Morgan fingerprint density at radius 1 is 1.15 bits per heavy atom. The Balaban J connectivity index is 1.60. The summed E-state index contributed by atoms with van der Waals surface area (Å²) in [6, 6.07) is 5.79. The Morgan fingerprint density at radius 2 is 1.78 bits per heavy atom. The normalized spacial score (nSPS) is 28.7. The zero-order chi connectivity index (χ0) is 19.3. The number of hydrazone groups is 1. The molecule has 142 valence electrons. The number of amides is 2. The van der Waals surface area contributed by atoms with E-state index in [2.05, 4.69) is 17.3 Å². The Hall–Kier alpha value is -2.63. The fourth-order valence-electron chi connectivity index (χ4n) is 4.38. The SMILES string of the molecule is CC(C)Oc1cc(N(C)C)ccc1C=NN1C(=O)C2C3C=CC(C3)C2C1=O. The van der Waals surface area contributed by atoms with Crippen LogP contribution in [0.5, 0.6) is 5.75 Å². The van der Waals surface area contributed by atoms with Gasteiger partial charge in [0.1, 0.15) is 5.75 Å². The van der Waals surface area contributed by atoms with Gasteiger partial charge in [-0.3, -0.25) is 9.59 Å². The lowest BCUT2D eigenvalue weighted by molar-refractivity contribution is -0.140. The van der Waals surface area contributed by atoms with Gasteiger partial charge in [-0.15, -0.1) is 0 Å². The topological polar surface area (TPSA) is 62.2 Å². The van der Waals surface area contributed by atoms with Crippen LogP contribution in [0.15, 0.2) is 35.5 Å². The minimum Gasteiger partial charge on any atom is -0.490 e. The molecule has 1 saturated carbocycles. The summed E-state index contributed by atoms with van der Waals surface area (Å²) in [4.78, 5) is 27.5. The van der Waals surface area contributed by atoms with Crippen molar-refractivity contribution in [2.24, 2.45) is 28.8 Å². The number of carbonyl (C=O) groups is 2. The van der Waals surface area contributed by atoms with E-state index >= 15 is 0 Å². The number of carbonyl (C=O) groups excluding carboxylic acids is 2. The fraction of sp³-hybridized carbons (Fsp3) is 0.476. The summed E-state index contributed by atoms with van der Waals surface area (Å²) in [6.07, 6.45) is 6.65. The molecule has 6 heteroatoms. The Morgan fingerprint density at radius 3 is 2.33 bits per heavy atom. The molecule has 2 aliphatic carbocycles. The van der Waals surface area contributed by atoms with Gasteiger partial charge in [0, 0.05) is 31.4 Å². The summed E-state index contributed by atoms with van der Waals surface area (Å²) in [5.74, 6) is 0.260. The molecule has 1 aromatic carbocycles. The molecule has 2 amide bonds. The van der Waals surface area contributed by atoms with Crippen LogP contribution in [0.2, 0.25) is 0 Å². The number of allylic oxidation sites excluding steroid dienone is 2. The molecule has 6 nitrogen and oxygen atoms in total. The molecule has 0 N–H and O–H groups in total. The molecule has 1 aromatic rings. The molecule has 1 aliphatic heterocycles. The molecule has 4 unspecified atom stereocenters. The zero-order valence-electron chi connectivity index (χ0n) is 16.1. The molecular formula is C21H25N3O3. The summed E-state index contributed by atoms with van der Waals surface area (Å²) in [6.45, 7) is 3.92. The molecular weight excluding hydrogens is 342 g/mol. The standard InChI is InChI=1S/C21H25N3O3/c1-12(2)27-17-10-16(23(3)4)8-7-15(17)11-22-24-20(25)18-13-5-6-14(9-13)19(18)21(24)26/h5-8,10-14,18-19H,9H2,1-4H3. The smallest absolute Gasteiger partial charge is 0.254 e. The van der Waals surface area contributed by atoms with Crippen molar-refractivity contribution in [1.29, 1.82) is 0 Å². The third-order valence-electron chi connectivity index (χ3n) is 5.64. The van der Waals surface area contributed by atoms with E-state index in [1.165, 1.54) is 0 Å². The minimum atomic E-state index is -0.229. The van der Waals surface area contributed by atoms with Gasteiger partial charge in [0.25, 0.3) is 11.8 Å². The number of benzene rings is 1. The lowest BCUT2D eigenvalue weighted by Gasteiger charge is -2.18. The second-order valence-corrected chi connectivity index (χ2v) is 8.02. The van der Waals surface area contributed by atoms with E-state index in [0.29, 0.717) is 5.75 Å². The van der Waals surface area contributed by atoms with Crippen molar-refractivity contribution >= 4 is 23.7 Å². The molecule has 0 spiro atoms. The van der Waals surface area contributed by atoms with E-state index in [4.69, 9.17) is 4.74 Å². The molecule has 0 aromatic heterocycles. The van der Waals surface area contributed by atoms with E-state index in [9.17, 15) is 9.59 Å². The predicted octanol–water partition coefficient (Wildman–Crippen LogP) is 2.68. The van der Waals surface area contributed by atoms with Gasteiger partial charge >= 0.3 is 0 Å². The highest BCUT2D eigenvalue weighted by atomic mass is 16.5. The van der Waals surface area contributed by atoms with Gasteiger partial charge < -0.3 is 9.64 Å². The van der Waals surface area contributed by atoms with Gasteiger partial charge in [-0.2, -0.15) is 10.1 Å². The van der Waals surface area contributed by atoms with Crippen molar-refractivity contribution in [2.45, 2.75) is 26.4 Å². The van der Waals surface area contributed by atoms with Crippen molar-refractivity contribution in [3.05, 3.63) is 35.9 Å². The zero-order valence-corrected chi connectivity index (χ0v) is 16.1. The van der Waals surface area contributed by atoms with Crippen molar-refractivity contribution in [2.75, 3.05) is 19.0 Å². The second-order valence-electron chi connectivity index (χ2n) is 8.02. The summed E-state index contributed by atoms with van der Waals surface area (Å²) in [7, 11) is 3.93. The van der Waals surface area contributed by atoms with Gasteiger partial charge in [-0.25, -0.2) is 0 Å². The molecule has 1 heterocycles. The molecule has 0 radical (unpaired) electrons. The molecule has 4 rings (SSSR count). The number of fused-ring (bicyclic) bond motifs is 5. The lowest BCUT2D eigenvalue weighted by Crippen LogP contribution is -2.28. The molecule has 27 heavy (non-hydrogen) atoms. The number of anilines is 1. The molecule has 2 fully saturated rings. The average molecular weight is 367 g/mol. The van der Waals surface area contributed by atoms with E-state index in [-0.39, 0.29) is 41.6 Å². The summed E-state index contributed by atoms with van der Waals surface area (Å²) in [5, 5.41) is 5.33. The maximum atomic E-state index is 12.7. The average Bonchev–Trinajstić information content (AvgIpc) is 3.28. The molecule has 2 bridgehead atoms. The van der Waals surface area contributed by atoms with Crippen LogP contribution in [0.25, 0.3) is 0 Å². The largest absolute Gasteiger partial charge is 0.490 e. The number of hydrogen-bond acceptors (Lipinski definition) is 5. The maximum absolute atomic E-state index is 12.7. The van der Waals surface area contributed by atoms with Gasteiger partial charge in [0.2, 0.25) is 0 Å². The Labute approximate surface area is 159 Å². The highest BCUT2D eigenvalue weighted by Gasteiger charge is 2.59. The van der Waals surface area contributed by atoms with Crippen LogP contribution in [0.4, 0.5) is 5.69 Å². The quantitative estimate of drug-likeness (QED) is 0.456. The monoisotopic (exact) mass is 367 g/mol. The van der Waals surface area contributed by atoms with Crippen LogP contribution in [0.1, 0.15) is 25.8 Å². The van der Waals surface area contributed by atoms with Crippen molar-refractivity contribution in [3.8, 4) is 5.75 Å². The predicted molar refractivity (Wildman–Crippen MR) is 104 cm³/mol. The van der Waals surface area contributed by atoms with E-state index in [1.54, 1.807) is 6.21 Å². The first-order valence-electron chi connectivity index (χ1n) is 9.45. The summed E-state index contributed by atoms with van der Waals surface area (Å²) in [5.41, 5.74) is 1.75. The van der Waals surface area contributed by atoms with Crippen LogP contribution in [-0.2, 0) is 9.59 Å². The van der Waals surface area contributed by atoms with Crippen LogP contribution < -0.4 is 9.64 Å². The number of rotatable bonds is 5. The van der Waals surface area contributed by atoms with E-state index in [1.807, 2.05) is 51.0 Å². The summed E-state index contributed by atoms with van der Waals surface area (Å²) >= 11 is 0. The third kappa shape index (κ3) is 2.93. The van der Waals surface area contributed by atoms with Gasteiger partial charge in [-0.1, -0.05) is 12.2 Å². The van der Waals surface area contributed by atoms with Crippen LogP contribution in [0, 0.1) is 23.7 Å². The first kappa shape index (κ1) is 17.8. The van der Waals surface area contributed by atoms with E-state index in [0.717, 1.165) is 22.7 Å². The van der Waals surface area contributed by atoms with Crippen LogP contribution in [-0.4, -0.2) is 43.2 Å². The molecule has 4 atom stereocenters. The third-order valence-corrected chi connectivity index (χ3v) is 5.64. The first-order chi connectivity index (χ1) is 12.9. The number of hydrogen-bond donors (Lipinski definition) is 0. The lowest BCUT2D eigenvalue weighted by atomic mass is 9.85. The Bertz CT molecular complexity index is 813. The van der Waals surface area contributed by atoms with Crippen LogP contribution in [0.3, 0.4) is 0 Å². The van der Waals surface area contributed by atoms with Gasteiger partial charge in [0.05, 0.1) is 24.2 Å². The van der Waals surface area contributed by atoms with Gasteiger partial charge in [0.15, 0.2) is 0 Å². The minimum absolute atomic E-state index is 0.00525. The van der Waals surface area contributed by atoms with E-state index < -0.39 is 0 Å². The maximum Gasteiger partial charge on any atom is 0.254 e. The van der Waals surface area contributed by atoms with Crippen molar-refractivity contribution < 1.29 is 14.3 Å². The number of imide groups is 1. The molecule has 3 aliphatic rings. The van der Waals surface area contributed by atoms with Crippen molar-refractivity contribution in [3.63, 3.8) is 0 Å². The number of nitrogens with zero attached hydrogens (tertiary/aromatic N) is 3. The fourth-order valence-corrected chi connectivity index (χ4v) is 4.38. The summed E-state index contributed by atoms with van der Waals surface area (Å²) < 4.78 is 5.91. The van der Waals surface area contributed by atoms with Crippen LogP contribution >= 0.6 is 0 Å². The van der Waals surface area contributed by atoms with Crippen molar-refractivity contribution in [1.82, 2.24) is 5.01 Å². The second kappa shape index (κ2) is 6.51. The van der Waals surface area contributed by atoms with Gasteiger partial charge in [-0.05, 0) is 44.2 Å². The highest BCUT2D eigenvalue weighted by Crippen LogP contribution is 2.52. The first-order valence-corrected chi connectivity index (χ1v) is 9.45. The number of ether oxygens (including phenoxy) is 1.